The SMILES string of the molecule is CCc1cc(C(=O)NC[C@@H](C)n2nc(C)cc2C)cc(=O)[nH]1. The monoisotopic (exact) mass is 302 g/mol. The van der Waals surface area contributed by atoms with E-state index in [0.29, 0.717) is 18.5 Å². The summed E-state index contributed by atoms with van der Waals surface area (Å²) < 4.78 is 1.89. The maximum Gasteiger partial charge on any atom is 0.251 e. The number of aryl methyl sites for hydroxylation is 3. The number of aromatic amines is 1. The second-order valence-corrected chi connectivity index (χ2v) is 5.54. The first-order valence-corrected chi connectivity index (χ1v) is 7.45. The average molecular weight is 302 g/mol. The summed E-state index contributed by atoms with van der Waals surface area (Å²) in [5, 5.41) is 7.27. The first kappa shape index (κ1) is 16.0. The molecule has 22 heavy (non-hydrogen) atoms. The maximum atomic E-state index is 12.2. The van der Waals surface area contributed by atoms with Crippen LogP contribution in [0.5, 0.6) is 0 Å². The van der Waals surface area contributed by atoms with E-state index in [0.717, 1.165) is 17.1 Å². The van der Waals surface area contributed by atoms with Crippen molar-refractivity contribution in [2.24, 2.45) is 0 Å². The Hall–Kier alpha value is -2.37. The van der Waals surface area contributed by atoms with Crippen molar-refractivity contribution >= 4 is 5.91 Å². The van der Waals surface area contributed by atoms with Gasteiger partial charge in [0.15, 0.2) is 0 Å². The van der Waals surface area contributed by atoms with E-state index in [4.69, 9.17) is 0 Å². The molecule has 1 atom stereocenters. The van der Waals surface area contributed by atoms with Crippen LogP contribution in [0.25, 0.3) is 0 Å². The molecule has 2 heterocycles. The summed E-state index contributed by atoms with van der Waals surface area (Å²) in [6.07, 6.45) is 0.679. The summed E-state index contributed by atoms with van der Waals surface area (Å²) in [6, 6.07) is 5.08. The molecule has 0 fully saturated rings. The van der Waals surface area contributed by atoms with Gasteiger partial charge in [-0.25, -0.2) is 0 Å². The molecule has 6 heteroatoms. The van der Waals surface area contributed by atoms with Gasteiger partial charge < -0.3 is 10.3 Å². The summed E-state index contributed by atoms with van der Waals surface area (Å²) in [7, 11) is 0. The third-order valence-corrected chi connectivity index (χ3v) is 3.56. The molecule has 0 aliphatic rings. The van der Waals surface area contributed by atoms with Gasteiger partial charge in [0.1, 0.15) is 0 Å². The predicted molar refractivity (Wildman–Crippen MR) is 85.2 cm³/mol. The number of nitrogens with zero attached hydrogens (tertiary/aromatic N) is 2. The quantitative estimate of drug-likeness (QED) is 0.883. The van der Waals surface area contributed by atoms with Crippen molar-refractivity contribution in [3.8, 4) is 0 Å². The number of nitrogens with one attached hydrogen (secondary N) is 2. The summed E-state index contributed by atoms with van der Waals surface area (Å²) in [4.78, 5) is 26.4. The smallest absolute Gasteiger partial charge is 0.251 e. The number of amides is 1. The first-order valence-electron chi connectivity index (χ1n) is 7.45. The minimum absolute atomic E-state index is 0.0466. The lowest BCUT2D eigenvalue weighted by atomic mass is 10.2. The van der Waals surface area contributed by atoms with Crippen LogP contribution < -0.4 is 10.9 Å². The van der Waals surface area contributed by atoms with Crippen molar-refractivity contribution in [3.05, 3.63) is 51.2 Å². The normalized spacial score (nSPS) is 12.2. The van der Waals surface area contributed by atoms with Crippen molar-refractivity contribution in [2.75, 3.05) is 6.54 Å². The molecule has 2 N–H and O–H groups in total. The fraction of sp³-hybridized carbons (Fsp3) is 0.438. The van der Waals surface area contributed by atoms with Gasteiger partial charge in [-0.3, -0.25) is 14.3 Å². The van der Waals surface area contributed by atoms with E-state index >= 15 is 0 Å². The number of H-pyrrole nitrogens is 1. The van der Waals surface area contributed by atoms with E-state index < -0.39 is 0 Å². The molecule has 2 aromatic heterocycles. The van der Waals surface area contributed by atoms with Crippen molar-refractivity contribution in [3.63, 3.8) is 0 Å². The molecule has 2 rings (SSSR count). The molecule has 0 spiro atoms. The number of carbonyl (C=O) groups excluding carboxylic acids is 1. The fourth-order valence-electron chi connectivity index (χ4n) is 2.44. The van der Waals surface area contributed by atoms with E-state index in [1.807, 2.05) is 38.4 Å². The van der Waals surface area contributed by atoms with Crippen LogP contribution in [0.3, 0.4) is 0 Å². The van der Waals surface area contributed by atoms with Gasteiger partial charge in [0.2, 0.25) is 5.56 Å². The Bertz CT molecular complexity index is 730. The molecule has 0 saturated carbocycles. The standard InChI is InChI=1S/C16H22N4O2/c1-5-14-7-13(8-15(21)18-14)16(22)17-9-12(4)20-11(3)6-10(2)19-20/h6-8,12H,5,9H2,1-4H3,(H,17,22)(H,18,21)/t12-/m1/s1. The molecule has 0 bridgehead atoms. The number of rotatable bonds is 5. The minimum atomic E-state index is -0.254. The molecule has 6 nitrogen and oxygen atoms in total. The Morgan fingerprint density at radius 2 is 2.09 bits per heavy atom. The Morgan fingerprint density at radius 3 is 2.68 bits per heavy atom. The first-order chi connectivity index (χ1) is 10.4. The Labute approximate surface area is 129 Å². The zero-order valence-electron chi connectivity index (χ0n) is 13.4. The van der Waals surface area contributed by atoms with Crippen LogP contribution in [0.2, 0.25) is 0 Å². The van der Waals surface area contributed by atoms with Gasteiger partial charge in [-0.2, -0.15) is 5.10 Å². The third kappa shape index (κ3) is 3.63. The fourth-order valence-corrected chi connectivity index (χ4v) is 2.44. The molecule has 1 amide bonds. The van der Waals surface area contributed by atoms with Crippen LogP contribution in [0.1, 0.15) is 47.3 Å². The van der Waals surface area contributed by atoms with Gasteiger partial charge in [-0.05, 0) is 39.3 Å². The number of aromatic nitrogens is 3. The van der Waals surface area contributed by atoms with E-state index in [-0.39, 0.29) is 17.5 Å². The zero-order valence-corrected chi connectivity index (χ0v) is 13.4. The molecule has 0 aliphatic heterocycles. The van der Waals surface area contributed by atoms with Crippen LogP contribution in [0.4, 0.5) is 0 Å². The number of hydrogen-bond donors (Lipinski definition) is 2. The summed E-state index contributed by atoms with van der Waals surface area (Å²) in [6.45, 7) is 8.31. The largest absolute Gasteiger partial charge is 0.350 e. The molecule has 0 aromatic carbocycles. The van der Waals surface area contributed by atoms with E-state index in [2.05, 4.69) is 15.4 Å². The topological polar surface area (TPSA) is 79.8 Å². The maximum absolute atomic E-state index is 12.2. The molecular weight excluding hydrogens is 280 g/mol. The van der Waals surface area contributed by atoms with E-state index in [1.54, 1.807) is 6.07 Å². The van der Waals surface area contributed by atoms with E-state index in [1.165, 1.54) is 6.07 Å². The highest BCUT2D eigenvalue weighted by atomic mass is 16.2. The van der Waals surface area contributed by atoms with Crippen LogP contribution in [0.15, 0.2) is 23.0 Å². The van der Waals surface area contributed by atoms with Gasteiger partial charge in [0.05, 0.1) is 11.7 Å². The van der Waals surface area contributed by atoms with Gasteiger partial charge in [-0.1, -0.05) is 6.92 Å². The number of carbonyl (C=O) groups is 1. The molecule has 118 valence electrons. The molecule has 0 saturated heterocycles. The molecule has 0 radical (unpaired) electrons. The van der Waals surface area contributed by atoms with Crippen molar-refractivity contribution < 1.29 is 4.79 Å². The predicted octanol–water partition coefficient (Wildman–Crippen LogP) is 1.74. The Balaban J connectivity index is 2.05. The molecule has 2 aromatic rings. The molecule has 0 unspecified atom stereocenters. The zero-order chi connectivity index (χ0) is 16.3. The number of pyridine rings is 1. The van der Waals surface area contributed by atoms with Crippen molar-refractivity contribution in [1.29, 1.82) is 0 Å². The van der Waals surface area contributed by atoms with Crippen LogP contribution >= 0.6 is 0 Å². The second kappa shape index (κ2) is 6.60. The van der Waals surface area contributed by atoms with Gasteiger partial charge in [-0.15, -0.1) is 0 Å². The van der Waals surface area contributed by atoms with Crippen molar-refractivity contribution in [1.82, 2.24) is 20.1 Å². The third-order valence-electron chi connectivity index (χ3n) is 3.56. The van der Waals surface area contributed by atoms with Crippen LogP contribution in [-0.2, 0) is 6.42 Å². The molecule has 0 aliphatic carbocycles. The van der Waals surface area contributed by atoms with E-state index in [9.17, 15) is 9.59 Å². The lowest BCUT2D eigenvalue weighted by Crippen LogP contribution is -2.31. The molecular formula is C16H22N4O2. The summed E-state index contributed by atoms with van der Waals surface area (Å²) in [5.41, 5.74) is 2.91. The van der Waals surface area contributed by atoms with Gasteiger partial charge in [0, 0.05) is 29.6 Å². The highest BCUT2D eigenvalue weighted by molar-refractivity contribution is 5.94. The lowest BCUT2D eigenvalue weighted by molar-refractivity contribution is 0.0947. The van der Waals surface area contributed by atoms with Gasteiger partial charge >= 0.3 is 0 Å². The van der Waals surface area contributed by atoms with Gasteiger partial charge in [0.25, 0.3) is 5.91 Å². The number of hydrogen-bond acceptors (Lipinski definition) is 3. The Morgan fingerprint density at radius 1 is 1.36 bits per heavy atom. The average Bonchev–Trinajstić information content (AvgIpc) is 2.82. The second-order valence-electron chi connectivity index (χ2n) is 5.54. The Kier molecular flexibility index (Phi) is 4.80. The summed E-state index contributed by atoms with van der Waals surface area (Å²) >= 11 is 0. The van der Waals surface area contributed by atoms with Crippen molar-refractivity contribution in [2.45, 2.75) is 40.2 Å². The van der Waals surface area contributed by atoms with Crippen LogP contribution in [0, 0.1) is 13.8 Å². The van der Waals surface area contributed by atoms with Crippen LogP contribution in [-0.4, -0.2) is 27.2 Å². The lowest BCUT2D eigenvalue weighted by Gasteiger charge is -2.15. The highest BCUT2D eigenvalue weighted by Crippen LogP contribution is 2.10. The summed E-state index contributed by atoms with van der Waals surface area (Å²) in [5.74, 6) is -0.241. The minimum Gasteiger partial charge on any atom is -0.350 e. The highest BCUT2D eigenvalue weighted by Gasteiger charge is 2.13.